The average Bonchev–Trinajstić information content (AvgIpc) is 2.61. The van der Waals surface area contributed by atoms with Crippen LogP contribution in [0.25, 0.3) is 0 Å². The zero-order valence-corrected chi connectivity index (χ0v) is 10.2. The van der Waals surface area contributed by atoms with Crippen molar-refractivity contribution < 1.29 is 8.91 Å². The molecule has 1 aromatic carbocycles. The number of aromatic nitrogens is 1. The Kier molecular flexibility index (Phi) is 3.13. The van der Waals surface area contributed by atoms with Gasteiger partial charge in [0.1, 0.15) is 11.6 Å². The molecule has 1 heterocycles. The largest absolute Gasteiger partial charge is 0.381 e. The fourth-order valence-corrected chi connectivity index (χ4v) is 1.70. The summed E-state index contributed by atoms with van der Waals surface area (Å²) in [5.74, 6) is 0.627. The second-order valence-electron chi connectivity index (χ2n) is 4.12. The SMILES string of the molecule is Cc1cc(NCc2c(C)noc2C)ccc1F. The number of nitrogens with zero attached hydrogens (tertiary/aromatic N) is 1. The quantitative estimate of drug-likeness (QED) is 0.885. The van der Waals surface area contributed by atoms with Crippen molar-refractivity contribution >= 4 is 5.69 Å². The number of hydrogen-bond acceptors (Lipinski definition) is 3. The highest BCUT2D eigenvalue weighted by Crippen LogP contribution is 2.17. The molecule has 2 rings (SSSR count). The van der Waals surface area contributed by atoms with E-state index in [0.29, 0.717) is 12.1 Å². The van der Waals surface area contributed by atoms with Crippen LogP contribution in [0.15, 0.2) is 22.7 Å². The summed E-state index contributed by atoms with van der Waals surface area (Å²) in [7, 11) is 0. The minimum absolute atomic E-state index is 0.187. The van der Waals surface area contributed by atoms with Crippen LogP contribution in [-0.2, 0) is 6.54 Å². The molecule has 1 aromatic heterocycles. The Morgan fingerprint density at radius 3 is 2.65 bits per heavy atom. The molecule has 1 N–H and O–H groups in total. The zero-order valence-electron chi connectivity index (χ0n) is 10.2. The lowest BCUT2D eigenvalue weighted by atomic mass is 10.2. The summed E-state index contributed by atoms with van der Waals surface area (Å²) < 4.78 is 18.2. The Morgan fingerprint density at radius 2 is 2.06 bits per heavy atom. The standard InChI is InChI=1S/C13H15FN2O/c1-8-6-11(4-5-13(8)14)15-7-12-9(2)16-17-10(12)3/h4-6,15H,7H2,1-3H3. The molecule has 0 spiro atoms. The highest BCUT2D eigenvalue weighted by molar-refractivity contribution is 5.46. The van der Waals surface area contributed by atoms with Crippen LogP contribution in [0.5, 0.6) is 0 Å². The van der Waals surface area contributed by atoms with E-state index in [1.165, 1.54) is 6.07 Å². The van der Waals surface area contributed by atoms with Crippen LogP contribution in [0.1, 0.15) is 22.6 Å². The first-order valence-corrected chi connectivity index (χ1v) is 5.49. The number of halogens is 1. The molecule has 0 amide bonds. The third kappa shape index (κ3) is 2.46. The van der Waals surface area contributed by atoms with Crippen LogP contribution >= 0.6 is 0 Å². The van der Waals surface area contributed by atoms with Gasteiger partial charge in [-0.2, -0.15) is 0 Å². The maximum atomic E-state index is 13.1. The minimum atomic E-state index is -0.187. The number of benzene rings is 1. The molecule has 0 aliphatic rings. The van der Waals surface area contributed by atoms with Crippen molar-refractivity contribution in [2.24, 2.45) is 0 Å². The van der Waals surface area contributed by atoms with Gasteiger partial charge in [0.2, 0.25) is 0 Å². The minimum Gasteiger partial charge on any atom is -0.381 e. The molecule has 0 atom stereocenters. The molecule has 17 heavy (non-hydrogen) atoms. The van der Waals surface area contributed by atoms with Gasteiger partial charge in [0.15, 0.2) is 0 Å². The smallest absolute Gasteiger partial charge is 0.138 e. The Balaban J connectivity index is 2.10. The van der Waals surface area contributed by atoms with Gasteiger partial charge in [-0.1, -0.05) is 5.16 Å². The molecule has 0 saturated heterocycles. The molecule has 0 radical (unpaired) electrons. The van der Waals surface area contributed by atoms with Gasteiger partial charge in [-0.3, -0.25) is 0 Å². The number of rotatable bonds is 3. The summed E-state index contributed by atoms with van der Waals surface area (Å²) in [5.41, 5.74) is 3.46. The Hall–Kier alpha value is -1.84. The summed E-state index contributed by atoms with van der Waals surface area (Å²) in [5, 5.41) is 7.12. The summed E-state index contributed by atoms with van der Waals surface area (Å²) >= 11 is 0. The second kappa shape index (κ2) is 4.57. The maximum absolute atomic E-state index is 13.1. The predicted molar refractivity (Wildman–Crippen MR) is 64.4 cm³/mol. The number of nitrogens with one attached hydrogen (secondary N) is 1. The van der Waals surface area contributed by atoms with Crippen molar-refractivity contribution in [2.75, 3.05) is 5.32 Å². The second-order valence-corrected chi connectivity index (χ2v) is 4.12. The Morgan fingerprint density at radius 1 is 1.29 bits per heavy atom. The molecule has 0 aliphatic heterocycles. The lowest BCUT2D eigenvalue weighted by Crippen LogP contribution is -2.01. The number of hydrogen-bond donors (Lipinski definition) is 1. The molecule has 0 saturated carbocycles. The van der Waals surface area contributed by atoms with Crippen LogP contribution in [0.4, 0.5) is 10.1 Å². The number of aryl methyl sites for hydroxylation is 3. The molecule has 0 unspecified atom stereocenters. The lowest BCUT2D eigenvalue weighted by molar-refractivity contribution is 0.392. The lowest BCUT2D eigenvalue weighted by Gasteiger charge is -2.07. The van der Waals surface area contributed by atoms with Crippen LogP contribution in [-0.4, -0.2) is 5.16 Å². The van der Waals surface area contributed by atoms with E-state index in [0.717, 1.165) is 22.7 Å². The van der Waals surface area contributed by atoms with Crippen molar-refractivity contribution in [3.8, 4) is 0 Å². The third-order valence-electron chi connectivity index (χ3n) is 2.81. The van der Waals surface area contributed by atoms with Gasteiger partial charge >= 0.3 is 0 Å². The zero-order chi connectivity index (χ0) is 12.4. The molecule has 0 aliphatic carbocycles. The van der Waals surface area contributed by atoms with Gasteiger partial charge in [-0.25, -0.2) is 4.39 Å². The van der Waals surface area contributed by atoms with Gasteiger partial charge in [-0.05, 0) is 44.5 Å². The summed E-state index contributed by atoms with van der Waals surface area (Å²) in [6.07, 6.45) is 0. The molecular formula is C13H15FN2O. The van der Waals surface area contributed by atoms with Crippen molar-refractivity contribution in [1.29, 1.82) is 0 Å². The van der Waals surface area contributed by atoms with Crippen LogP contribution < -0.4 is 5.32 Å². The summed E-state index contributed by atoms with van der Waals surface area (Å²) in [6.45, 7) is 6.17. The first kappa shape index (κ1) is 11.6. The number of anilines is 1. The van der Waals surface area contributed by atoms with Crippen LogP contribution in [0.2, 0.25) is 0 Å². The van der Waals surface area contributed by atoms with Gasteiger partial charge in [0.05, 0.1) is 5.69 Å². The Labute approximate surface area is 99.6 Å². The van der Waals surface area contributed by atoms with Gasteiger partial charge in [0.25, 0.3) is 0 Å². The van der Waals surface area contributed by atoms with Gasteiger partial charge < -0.3 is 9.84 Å². The monoisotopic (exact) mass is 234 g/mol. The van der Waals surface area contributed by atoms with E-state index in [-0.39, 0.29) is 5.82 Å². The highest BCUT2D eigenvalue weighted by Gasteiger charge is 2.08. The van der Waals surface area contributed by atoms with Gasteiger partial charge in [0, 0.05) is 17.8 Å². The fraction of sp³-hybridized carbons (Fsp3) is 0.308. The van der Waals surface area contributed by atoms with Crippen molar-refractivity contribution in [3.63, 3.8) is 0 Å². The molecule has 0 fully saturated rings. The van der Waals surface area contributed by atoms with Crippen molar-refractivity contribution in [3.05, 3.63) is 46.6 Å². The van der Waals surface area contributed by atoms with Crippen LogP contribution in [0, 0.1) is 26.6 Å². The topological polar surface area (TPSA) is 38.1 Å². The third-order valence-corrected chi connectivity index (χ3v) is 2.81. The van der Waals surface area contributed by atoms with Crippen molar-refractivity contribution in [1.82, 2.24) is 5.16 Å². The summed E-state index contributed by atoms with van der Waals surface area (Å²) in [6, 6.07) is 4.97. The first-order valence-electron chi connectivity index (χ1n) is 5.49. The molecule has 90 valence electrons. The van der Waals surface area contributed by atoms with Gasteiger partial charge in [-0.15, -0.1) is 0 Å². The maximum Gasteiger partial charge on any atom is 0.138 e. The molecule has 0 bridgehead atoms. The fourth-order valence-electron chi connectivity index (χ4n) is 1.70. The predicted octanol–water partition coefficient (Wildman–Crippen LogP) is 3.35. The highest BCUT2D eigenvalue weighted by atomic mass is 19.1. The van der Waals surface area contributed by atoms with Crippen molar-refractivity contribution in [2.45, 2.75) is 27.3 Å². The normalized spacial score (nSPS) is 10.6. The van der Waals surface area contributed by atoms with E-state index >= 15 is 0 Å². The molecule has 2 aromatic rings. The molecule has 3 nitrogen and oxygen atoms in total. The summed E-state index contributed by atoms with van der Waals surface area (Å²) in [4.78, 5) is 0. The first-order chi connectivity index (χ1) is 8.08. The van der Waals surface area contributed by atoms with E-state index in [4.69, 9.17) is 4.52 Å². The van der Waals surface area contributed by atoms with E-state index in [1.807, 2.05) is 13.8 Å². The van der Waals surface area contributed by atoms with Crippen LogP contribution in [0.3, 0.4) is 0 Å². The van der Waals surface area contributed by atoms with E-state index in [2.05, 4.69) is 10.5 Å². The molecular weight excluding hydrogens is 219 g/mol. The van der Waals surface area contributed by atoms with E-state index < -0.39 is 0 Å². The molecule has 4 heteroatoms. The van der Waals surface area contributed by atoms with E-state index in [1.54, 1.807) is 19.1 Å². The Bertz CT molecular complexity index is 515. The van der Waals surface area contributed by atoms with E-state index in [9.17, 15) is 4.39 Å². The average molecular weight is 234 g/mol.